The van der Waals surface area contributed by atoms with E-state index in [-0.39, 0.29) is 23.8 Å². The standard InChI is InChI=1S/C22H28N2O2/c1-2-12-24-14-16(13-19(24)25)22(26)23-21-18-11-7-6-10-17(18)20(21)15-8-4-3-5-9-15/h2-5,8-9,16-18,20-21H,1,6-7,10-14H2,(H,23,26)/t16-,17-,18+,20-,21-/m1/s1. The third kappa shape index (κ3) is 3.06. The van der Waals surface area contributed by atoms with Crippen molar-refractivity contribution in [3.63, 3.8) is 0 Å². The SMILES string of the molecule is C=CCN1C[C@H](C(=O)N[C@@H]2[C@H]3CCCC[C@H]3[C@H]2c2ccccc2)CC1=O. The van der Waals surface area contributed by atoms with E-state index in [0.29, 0.717) is 37.3 Å². The van der Waals surface area contributed by atoms with Crippen LogP contribution in [0, 0.1) is 17.8 Å². The van der Waals surface area contributed by atoms with Crippen LogP contribution in [-0.2, 0) is 9.59 Å². The minimum absolute atomic E-state index is 0.0554. The van der Waals surface area contributed by atoms with Crippen molar-refractivity contribution in [2.24, 2.45) is 17.8 Å². The van der Waals surface area contributed by atoms with Gasteiger partial charge in [0.05, 0.1) is 5.92 Å². The zero-order chi connectivity index (χ0) is 18.1. The van der Waals surface area contributed by atoms with Crippen molar-refractivity contribution < 1.29 is 9.59 Å². The van der Waals surface area contributed by atoms with Gasteiger partial charge < -0.3 is 10.2 Å². The largest absolute Gasteiger partial charge is 0.352 e. The highest BCUT2D eigenvalue weighted by Gasteiger charge is 2.52. The van der Waals surface area contributed by atoms with Gasteiger partial charge in [-0.05, 0) is 30.2 Å². The number of fused-ring (bicyclic) bond motifs is 1. The zero-order valence-electron chi connectivity index (χ0n) is 15.3. The van der Waals surface area contributed by atoms with Gasteiger partial charge in [-0.2, -0.15) is 0 Å². The van der Waals surface area contributed by atoms with Crippen LogP contribution in [0.1, 0.15) is 43.6 Å². The van der Waals surface area contributed by atoms with E-state index in [1.807, 2.05) is 6.07 Å². The van der Waals surface area contributed by atoms with Crippen LogP contribution in [0.2, 0.25) is 0 Å². The van der Waals surface area contributed by atoms with Crippen molar-refractivity contribution in [3.8, 4) is 0 Å². The second-order valence-electron chi connectivity index (χ2n) is 8.07. The molecule has 1 aliphatic heterocycles. The Labute approximate surface area is 155 Å². The lowest BCUT2D eigenvalue weighted by Gasteiger charge is -2.55. The number of hydrogen-bond donors (Lipinski definition) is 1. The second kappa shape index (κ2) is 7.26. The minimum atomic E-state index is -0.221. The van der Waals surface area contributed by atoms with Gasteiger partial charge in [0.15, 0.2) is 0 Å². The minimum Gasteiger partial charge on any atom is -0.352 e. The molecule has 1 N–H and O–H groups in total. The van der Waals surface area contributed by atoms with Crippen molar-refractivity contribution >= 4 is 11.8 Å². The summed E-state index contributed by atoms with van der Waals surface area (Å²) in [6, 6.07) is 10.8. The fraction of sp³-hybridized carbons (Fsp3) is 0.545. The van der Waals surface area contributed by atoms with E-state index in [0.717, 1.165) is 0 Å². The lowest BCUT2D eigenvalue weighted by Crippen LogP contribution is -2.60. The molecule has 0 radical (unpaired) electrons. The maximum Gasteiger partial charge on any atom is 0.225 e. The van der Waals surface area contributed by atoms with Gasteiger partial charge in [0, 0.05) is 31.5 Å². The first-order chi connectivity index (χ1) is 12.7. The molecule has 1 heterocycles. The van der Waals surface area contributed by atoms with Crippen molar-refractivity contribution in [1.82, 2.24) is 10.2 Å². The van der Waals surface area contributed by atoms with E-state index < -0.39 is 0 Å². The van der Waals surface area contributed by atoms with Crippen LogP contribution in [0.4, 0.5) is 0 Å². The maximum absolute atomic E-state index is 12.9. The van der Waals surface area contributed by atoms with E-state index in [9.17, 15) is 9.59 Å². The molecule has 26 heavy (non-hydrogen) atoms. The summed E-state index contributed by atoms with van der Waals surface area (Å²) >= 11 is 0. The number of benzene rings is 1. The Morgan fingerprint density at radius 2 is 1.92 bits per heavy atom. The summed E-state index contributed by atoms with van der Waals surface area (Å²) in [5, 5.41) is 3.35. The Morgan fingerprint density at radius 1 is 1.19 bits per heavy atom. The summed E-state index contributed by atoms with van der Waals surface area (Å²) in [4.78, 5) is 26.7. The van der Waals surface area contributed by atoms with Gasteiger partial charge in [-0.3, -0.25) is 9.59 Å². The van der Waals surface area contributed by atoms with E-state index in [4.69, 9.17) is 0 Å². The molecule has 0 bridgehead atoms. The Kier molecular flexibility index (Phi) is 4.84. The molecular formula is C22H28N2O2. The normalized spacial score (nSPS) is 33.3. The third-order valence-electron chi connectivity index (χ3n) is 6.61. The Hall–Kier alpha value is -2.10. The van der Waals surface area contributed by atoms with Crippen LogP contribution in [-0.4, -0.2) is 35.8 Å². The number of carbonyl (C=O) groups excluding carboxylic acids is 2. The molecule has 138 valence electrons. The third-order valence-corrected chi connectivity index (χ3v) is 6.61. The van der Waals surface area contributed by atoms with Crippen molar-refractivity contribution in [3.05, 3.63) is 48.6 Å². The Balaban J connectivity index is 1.46. The molecule has 4 rings (SSSR count). The highest BCUT2D eigenvalue weighted by atomic mass is 16.2. The molecular weight excluding hydrogens is 324 g/mol. The van der Waals surface area contributed by atoms with Crippen molar-refractivity contribution in [2.75, 3.05) is 13.1 Å². The number of nitrogens with one attached hydrogen (secondary N) is 1. The quantitative estimate of drug-likeness (QED) is 0.828. The van der Waals surface area contributed by atoms with Gasteiger partial charge in [0.2, 0.25) is 11.8 Å². The lowest BCUT2D eigenvalue weighted by molar-refractivity contribution is -0.130. The number of rotatable bonds is 5. The first kappa shape index (κ1) is 17.3. The van der Waals surface area contributed by atoms with Gasteiger partial charge in [-0.15, -0.1) is 6.58 Å². The predicted octanol–water partition coefficient (Wildman–Crippen LogP) is 3.11. The molecule has 0 spiro atoms. The summed E-state index contributed by atoms with van der Waals surface area (Å²) in [7, 11) is 0. The number of amides is 2. The van der Waals surface area contributed by atoms with Gasteiger partial charge in [-0.25, -0.2) is 0 Å². The average Bonchev–Trinajstić information content (AvgIpc) is 3.02. The van der Waals surface area contributed by atoms with E-state index in [1.54, 1.807) is 11.0 Å². The molecule has 1 saturated heterocycles. The van der Waals surface area contributed by atoms with Gasteiger partial charge >= 0.3 is 0 Å². The Morgan fingerprint density at radius 3 is 2.65 bits per heavy atom. The van der Waals surface area contributed by atoms with Crippen molar-refractivity contribution in [2.45, 2.75) is 44.1 Å². The van der Waals surface area contributed by atoms with Gasteiger partial charge in [0.25, 0.3) is 0 Å². The molecule has 0 unspecified atom stereocenters. The zero-order valence-corrected chi connectivity index (χ0v) is 15.3. The smallest absolute Gasteiger partial charge is 0.225 e. The Bertz CT molecular complexity index is 687. The molecule has 1 aromatic rings. The lowest BCUT2D eigenvalue weighted by atomic mass is 9.53. The molecule has 2 amide bonds. The summed E-state index contributed by atoms with van der Waals surface area (Å²) in [5.41, 5.74) is 1.34. The van der Waals surface area contributed by atoms with E-state index >= 15 is 0 Å². The number of nitrogens with zero attached hydrogens (tertiary/aromatic N) is 1. The fourth-order valence-corrected chi connectivity index (χ4v) is 5.36. The average molecular weight is 352 g/mol. The summed E-state index contributed by atoms with van der Waals surface area (Å²) in [6.07, 6.45) is 7.11. The molecule has 3 aliphatic rings. The predicted molar refractivity (Wildman–Crippen MR) is 101 cm³/mol. The molecule has 2 saturated carbocycles. The van der Waals surface area contributed by atoms with E-state index in [2.05, 4.69) is 36.2 Å². The molecule has 5 atom stereocenters. The van der Waals surface area contributed by atoms with Crippen LogP contribution in [0.5, 0.6) is 0 Å². The molecule has 2 aliphatic carbocycles. The summed E-state index contributed by atoms with van der Waals surface area (Å²) in [5.74, 6) is 1.61. The molecule has 1 aromatic carbocycles. The first-order valence-electron chi connectivity index (χ1n) is 9.93. The van der Waals surface area contributed by atoms with Gasteiger partial charge in [0.1, 0.15) is 0 Å². The molecule has 3 fully saturated rings. The second-order valence-corrected chi connectivity index (χ2v) is 8.07. The summed E-state index contributed by atoms with van der Waals surface area (Å²) in [6.45, 7) is 4.75. The topological polar surface area (TPSA) is 49.4 Å². The molecule has 4 nitrogen and oxygen atoms in total. The number of hydrogen-bond acceptors (Lipinski definition) is 2. The van der Waals surface area contributed by atoms with Crippen LogP contribution < -0.4 is 5.32 Å². The highest BCUT2D eigenvalue weighted by molar-refractivity contribution is 5.89. The molecule has 0 aromatic heterocycles. The van der Waals surface area contributed by atoms with Crippen LogP contribution in [0.25, 0.3) is 0 Å². The van der Waals surface area contributed by atoms with Crippen LogP contribution >= 0.6 is 0 Å². The monoisotopic (exact) mass is 352 g/mol. The van der Waals surface area contributed by atoms with Crippen LogP contribution in [0.3, 0.4) is 0 Å². The van der Waals surface area contributed by atoms with Gasteiger partial charge in [-0.1, -0.05) is 49.2 Å². The van der Waals surface area contributed by atoms with Crippen LogP contribution in [0.15, 0.2) is 43.0 Å². The van der Waals surface area contributed by atoms with Crippen molar-refractivity contribution in [1.29, 1.82) is 0 Å². The maximum atomic E-state index is 12.9. The summed E-state index contributed by atoms with van der Waals surface area (Å²) < 4.78 is 0. The van der Waals surface area contributed by atoms with E-state index in [1.165, 1.54) is 31.2 Å². The number of carbonyl (C=O) groups is 2. The highest BCUT2D eigenvalue weighted by Crippen LogP contribution is 2.54. The number of likely N-dealkylation sites (tertiary alicyclic amines) is 1. The fourth-order valence-electron chi connectivity index (χ4n) is 5.36. The first-order valence-corrected chi connectivity index (χ1v) is 9.93. The molecule has 4 heteroatoms.